The van der Waals surface area contributed by atoms with Crippen LogP contribution >= 0.6 is 11.3 Å². The Kier molecular flexibility index (Phi) is 6.18. The van der Waals surface area contributed by atoms with Gasteiger partial charge in [0.25, 0.3) is 5.91 Å². The standard InChI is InChI=1S/C16H14F2N2O4S/c17-9-3-4-10(12(18)8-9)14(22)19-6-1-2-13(21)20-15-11(16(23)24)5-7-25-15/h3-5,7-8H,1-2,6H2,(H,19,22)(H,20,21)(H,23,24). The molecule has 0 radical (unpaired) electrons. The van der Waals surface area contributed by atoms with Gasteiger partial charge in [0.1, 0.15) is 16.6 Å². The molecule has 1 aromatic heterocycles. The van der Waals surface area contributed by atoms with Gasteiger partial charge in [0.2, 0.25) is 5.91 Å². The number of benzene rings is 1. The number of carboxylic acid groups (broad SMARTS) is 1. The Hall–Kier alpha value is -2.81. The lowest BCUT2D eigenvalue weighted by molar-refractivity contribution is -0.116. The zero-order chi connectivity index (χ0) is 18.4. The average Bonchev–Trinajstić information content (AvgIpc) is 2.99. The van der Waals surface area contributed by atoms with Crippen molar-refractivity contribution in [2.75, 3.05) is 11.9 Å². The molecule has 0 aliphatic heterocycles. The van der Waals surface area contributed by atoms with Crippen molar-refractivity contribution in [3.63, 3.8) is 0 Å². The number of carbonyl (C=O) groups excluding carboxylic acids is 2. The molecule has 25 heavy (non-hydrogen) atoms. The van der Waals surface area contributed by atoms with E-state index in [0.29, 0.717) is 6.07 Å². The molecule has 2 rings (SSSR count). The number of rotatable bonds is 7. The minimum absolute atomic E-state index is 0.0124. The summed E-state index contributed by atoms with van der Waals surface area (Å²) in [6, 6.07) is 4.02. The van der Waals surface area contributed by atoms with Crippen LogP contribution in [0.5, 0.6) is 0 Å². The summed E-state index contributed by atoms with van der Waals surface area (Å²) < 4.78 is 26.2. The van der Waals surface area contributed by atoms with Crippen LogP contribution in [0, 0.1) is 11.6 Å². The second-order valence-corrected chi connectivity index (χ2v) is 5.92. The molecule has 0 unspecified atom stereocenters. The first-order valence-corrected chi connectivity index (χ1v) is 8.10. The van der Waals surface area contributed by atoms with E-state index in [1.807, 2.05) is 0 Å². The molecule has 0 atom stereocenters. The molecule has 0 saturated heterocycles. The molecule has 2 amide bonds. The van der Waals surface area contributed by atoms with Crippen molar-refractivity contribution in [1.82, 2.24) is 5.32 Å². The predicted octanol–water partition coefficient (Wildman–Crippen LogP) is 2.87. The first-order valence-electron chi connectivity index (χ1n) is 7.22. The van der Waals surface area contributed by atoms with Gasteiger partial charge in [-0.2, -0.15) is 0 Å². The molecular weight excluding hydrogens is 354 g/mol. The molecule has 6 nitrogen and oxygen atoms in total. The number of nitrogens with one attached hydrogen (secondary N) is 2. The molecule has 0 aliphatic rings. The van der Waals surface area contributed by atoms with Crippen molar-refractivity contribution in [3.8, 4) is 0 Å². The third-order valence-electron chi connectivity index (χ3n) is 3.19. The van der Waals surface area contributed by atoms with Gasteiger partial charge in [0.05, 0.1) is 11.1 Å². The Morgan fingerprint density at radius 1 is 1.12 bits per heavy atom. The lowest BCUT2D eigenvalue weighted by Crippen LogP contribution is -2.26. The maximum Gasteiger partial charge on any atom is 0.338 e. The van der Waals surface area contributed by atoms with Crippen molar-refractivity contribution in [2.24, 2.45) is 0 Å². The lowest BCUT2D eigenvalue weighted by atomic mass is 10.2. The third-order valence-corrected chi connectivity index (χ3v) is 4.02. The number of amides is 2. The molecule has 9 heteroatoms. The summed E-state index contributed by atoms with van der Waals surface area (Å²) in [6.07, 6.45) is 0.317. The highest BCUT2D eigenvalue weighted by atomic mass is 32.1. The fraction of sp³-hybridized carbons (Fsp3) is 0.188. The monoisotopic (exact) mass is 368 g/mol. The number of hydrogen-bond acceptors (Lipinski definition) is 4. The highest BCUT2D eigenvalue weighted by Gasteiger charge is 2.14. The molecule has 3 N–H and O–H groups in total. The molecular formula is C16H14F2N2O4S. The van der Waals surface area contributed by atoms with Crippen molar-refractivity contribution in [1.29, 1.82) is 0 Å². The van der Waals surface area contributed by atoms with Crippen LogP contribution in [-0.4, -0.2) is 29.4 Å². The predicted molar refractivity (Wildman–Crippen MR) is 87.8 cm³/mol. The molecule has 0 saturated carbocycles. The van der Waals surface area contributed by atoms with E-state index in [2.05, 4.69) is 10.6 Å². The number of carboxylic acids is 1. The Labute approximate surface area is 145 Å². The number of thiophene rings is 1. The Morgan fingerprint density at radius 3 is 2.56 bits per heavy atom. The number of carbonyl (C=O) groups is 3. The Morgan fingerprint density at radius 2 is 1.88 bits per heavy atom. The van der Waals surface area contributed by atoms with E-state index < -0.39 is 29.4 Å². The van der Waals surface area contributed by atoms with Gasteiger partial charge < -0.3 is 15.7 Å². The first kappa shape index (κ1) is 18.5. The second-order valence-electron chi connectivity index (χ2n) is 5.00. The molecule has 1 aromatic carbocycles. The molecule has 1 heterocycles. The van der Waals surface area contributed by atoms with E-state index in [1.54, 1.807) is 5.38 Å². The highest BCUT2D eigenvalue weighted by molar-refractivity contribution is 7.14. The fourth-order valence-electron chi connectivity index (χ4n) is 1.98. The van der Waals surface area contributed by atoms with Crippen molar-refractivity contribution >= 4 is 34.1 Å². The number of halogens is 2. The third kappa shape index (κ3) is 5.08. The van der Waals surface area contributed by atoms with Gasteiger partial charge in [0, 0.05) is 19.0 Å². The van der Waals surface area contributed by atoms with Gasteiger partial charge in [-0.15, -0.1) is 11.3 Å². The quantitative estimate of drug-likeness (QED) is 0.655. The summed E-state index contributed by atoms with van der Waals surface area (Å²) in [4.78, 5) is 34.5. The first-order chi connectivity index (χ1) is 11.9. The summed E-state index contributed by atoms with van der Waals surface area (Å²) in [7, 11) is 0. The zero-order valence-corrected chi connectivity index (χ0v) is 13.7. The Balaban J connectivity index is 1.77. The highest BCUT2D eigenvalue weighted by Crippen LogP contribution is 2.23. The van der Waals surface area contributed by atoms with Gasteiger partial charge in [0.15, 0.2) is 0 Å². The molecule has 0 spiro atoms. The van der Waals surface area contributed by atoms with Gasteiger partial charge in [-0.1, -0.05) is 0 Å². The fourth-order valence-corrected chi connectivity index (χ4v) is 2.78. The molecule has 0 aliphatic carbocycles. The summed E-state index contributed by atoms with van der Waals surface area (Å²) in [6.45, 7) is 0.110. The van der Waals surface area contributed by atoms with Gasteiger partial charge >= 0.3 is 5.97 Å². The van der Waals surface area contributed by atoms with Crippen LogP contribution in [0.2, 0.25) is 0 Å². The molecule has 2 aromatic rings. The maximum atomic E-state index is 13.4. The lowest BCUT2D eigenvalue weighted by Gasteiger charge is -2.07. The molecule has 132 valence electrons. The van der Waals surface area contributed by atoms with Gasteiger partial charge in [-0.05, 0) is 30.0 Å². The van der Waals surface area contributed by atoms with Gasteiger partial charge in [-0.3, -0.25) is 9.59 Å². The molecule has 0 bridgehead atoms. The normalized spacial score (nSPS) is 10.3. The minimum atomic E-state index is -1.13. The van der Waals surface area contributed by atoms with E-state index in [9.17, 15) is 23.2 Å². The topological polar surface area (TPSA) is 95.5 Å². The van der Waals surface area contributed by atoms with Crippen LogP contribution in [-0.2, 0) is 4.79 Å². The van der Waals surface area contributed by atoms with Crippen LogP contribution in [0.4, 0.5) is 13.8 Å². The maximum absolute atomic E-state index is 13.4. The minimum Gasteiger partial charge on any atom is -0.478 e. The summed E-state index contributed by atoms with van der Waals surface area (Å²) >= 11 is 1.10. The van der Waals surface area contributed by atoms with E-state index in [0.717, 1.165) is 23.5 Å². The van der Waals surface area contributed by atoms with Crippen LogP contribution in [0.1, 0.15) is 33.6 Å². The SMILES string of the molecule is O=C(CCCNC(=O)c1ccc(F)cc1F)Nc1sccc1C(=O)O. The average molecular weight is 368 g/mol. The number of aromatic carboxylic acids is 1. The number of hydrogen-bond donors (Lipinski definition) is 3. The van der Waals surface area contributed by atoms with Crippen molar-refractivity contribution in [3.05, 3.63) is 52.4 Å². The van der Waals surface area contributed by atoms with Crippen LogP contribution in [0.15, 0.2) is 29.6 Å². The van der Waals surface area contributed by atoms with E-state index >= 15 is 0 Å². The zero-order valence-electron chi connectivity index (χ0n) is 12.8. The smallest absolute Gasteiger partial charge is 0.338 e. The van der Waals surface area contributed by atoms with Crippen LogP contribution < -0.4 is 10.6 Å². The second kappa shape index (κ2) is 8.34. The van der Waals surface area contributed by atoms with E-state index in [1.165, 1.54) is 6.07 Å². The molecule has 0 fully saturated rings. The largest absolute Gasteiger partial charge is 0.478 e. The van der Waals surface area contributed by atoms with Crippen LogP contribution in [0.25, 0.3) is 0 Å². The van der Waals surface area contributed by atoms with Crippen molar-refractivity contribution in [2.45, 2.75) is 12.8 Å². The van der Waals surface area contributed by atoms with E-state index in [-0.39, 0.29) is 35.5 Å². The van der Waals surface area contributed by atoms with Crippen molar-refractivity contribution < 1.29 is 28.3 Å². The Bertz CT molecular complexity index is 807. The number of anilines is 1. The van der Waals surface area contributed by atoms with Gasteiger partial charge in [-0.25, -0.2) is 13.6 Å². The summed E-state index contributed by atoms with van der Waals surface area (Å²) in [5.41, 5.74) is -0.269. The van der Waals surface area contributed by atoms with Crippen LogP contribution in [0.3, 0.4) is 0 Å². The summed E-state index contributed by atoms with van der Waals surface area (Å²) in [5.74, 6) is -3.98. The summed E-state index contributed by atoms with van der Waals surface area (Å²) in [5, 5.41) is 15.7. The van der Waals surface area contributed by atoms with E-state index in [4.69, 9.17) is 5.11 Å².